The van der Waals surface area contributed by atoms with Crippen LogP contribution in [-0.2, 0) is 5.41 Å². The average Bonchev–Trinajstić information content (AvgIpc) is 3.82. The summed E-state index contributed by atoms with van der Waals surface area (Å²) in [5.41, 5.74) is 20.0. The second kappa shape index (κ2) is 14.9. The third-order valence-electron chi connectivity index (χ3n) is 13.8. The Labute approximate surface area is 364 Å². The Bertz CT molecular complexity index is 3240. The zero-order chi connectivity index (χ0) is 41.0. The molecule has 10 aromatic rings. The van der Waals surface area contributed by atoms with Gasteiger partial charge in [0.25, 0.3) is 0 Å². The molecule has 0 amide bonds. The van der Waals surface area contributed by atoms with Gasteiger partial charge in [0.1, 0.15) is 0 Å². The van der Waals surface area contributed by atoms with Gasteiger partial charge in [-0.15, -0.1) is 0 Å². The lowest BCUT2D eigenvalue weighted by molar-refractivity contribution is 0.353. The van der Waals surface area contributed by atoms with Gasteiger partial charge in [0, 0.05) is 27.4 Å². The first kappa shape index (κ1) is 36.4. The summed E-state index contributed by atoms with van der Waals surface area (Å²) < 4.78 is 2.48. The summed E-state index contributed by atoms with van der Waals surface area (Å²) in [6.07, 6.45) is 6.18. The second-order valence-corrected chi connectivity index (χ2v) is 17.1. The summed E-state index contributed by atoms with van der Waals surface area (Å²) >= 11 is 0. The molecule has 62 heavy (non-hydrogen) atoms. The summed E-state index contributed by atoms with van der Waals surface area (Å²) in [6.45, 7) is 0. The number of para-hydroxylation sites is 5. The van der Waals surface area contributed by atoms with Gasteiger partial charge in [0.05, 0.1) is 28.1 Å². The Morgan fingerprint density at radius 3 is 1.56 bits per heavy atom. The number of hydrogen-bond acceptors (Lipinski definition) is 1. The zero-order valence-corrected chi connectivity index (χ0v) is 34.7. The van der Waals surface area contributed by atoms with E-state index < -0.39 is 0 Å². The van der Waals surface area contributed by atoms with E-state index >= 15 is 0 Å². The predicted octanol–water partition coefficient (Wildman–Crippen LogP) is 16.5. The molecular weight excluding hydrogens is 749 g/mol. The maximum absolute atomic E-state index is 2.57. The van der Waals surface area contributed by atoms with E-state index in [1.165, 1.54) is 115 Å². The van der Waals surface area contributed by atoms with Crippen LogP contribution in [0.15, 0.2) is 218 Å². The molecule has 0 aliphatic heterocycles. The van der Waals surface area contributed by atoms with Crippen molar-refractivity contribution in [3.63, 3.8) is 0 Å². The summed E-state index contributed by atoms with van der Waals surface area (Å²) in [7, 11) is 0. The third-order valence-corrected chi connectivity index (χ3v) is 13.8. The molecule has 1 spiro atoms. The van der Waals surface area contributed by atoms with E-state index in [0.29, 0.717) is 0 Å². The van der Waals surface area contributed by atoms with Crippen molar-refractivity contribution in [3.05, 3.63) is 230 Å². The molecule has 1 aromatic heterocycles. The van der Waals surface area contributed by atoms with E-state index in [9.17, 15) is 0 Å². The van der Waals surface area contributed by atoms with Crippen LogP contribution < -0.4 is 4.90 Å². The lowest BCUT2D eigenvalue weighted by Crippen LogP contribution is -2.28. The highest BCUT2D eigenvalue weighted by Gasteiger charge is 2.44. The SMILES string of the molecule is c1ccc(-c2ccccc2-c2ccccc2-c2ccccc2N(c2ccc3c(c2)C2(CCCCC2)c2ccccc2-3)c2ccccc2-n2c3ccccc3c3ccccc32)cc1. The van der Waals surface area contributed by atoms with Crippen LogP contribution in [0.25, 0.3) is 72.0 Å². The van der Waals surface area contributed by atoms with Gasteiger partial charge in [-0.25, -0.2) is 0 Å². The fraction of sp³-hybridized carbons (Fsp3) is 0.100. The Hall–Kier alpha value is -7.42. The van der Waals surface area contributed by atoms with Crippen LogP contribution in [-0.4, -0.2) is 4.57 Å². The maximum Gasteiger partial charge on any atom is 0.0702 e. The average molecular weight is 795 g/mol. The number of benzene rings is 9. The van der Waals surface area contributed by atoms with E-state index in [1.54, 1.807) is 0 Å². The fourth-order valence-corrected chi connectivity index (χ4v) is 11.1. The van der Waals surface area contributed by atoms with Crippen molar-refractivity contribution in [1.29, 1.82) is 0 Å². The molecule has 9 aromatic carbocycles. The van der Waals surface area contributed by atoms with Gasteiger partial charge in [0.15, 0.2) is 0 Å². The number of anilines is 3. The van der Waals surface area contributed by atoms with Gasteiger partial charge < -0.3 is 9.47 Å². The predicted molar refractivity (Wildman–Crippen MR) is 261 cm³/mol. The normalized spacial score (nSPS) is 13.9. The van der Waals surface area contributed by atoms with Crippen LogP contribution in [0.4, 0.5) is 17.1 Å². The second-order valence-electron chi connectivity index (χ2n) is 17.1. The summed E-state index contributed by atoms with van der Waals surface area (Å²) in [4.78, 5) is 2.56. The van der Waals surface area contributed by atoms with Gasteiger partial charge >= 0.3 is 0 Å². The van der Waals surface area contributed by atoms with Crippen molar-refractivity contribution >= 4 is 38.9 Å². The van der Waals surface area contributed by atoms with E-state index in [4.69, 9.17) is 0 Å². The molecule has 1 fully saturated rings. The van der Waals surface area contributed by atoms with Crippen LogP contribution in [0.1, 0.15) is 43.2 Å². The molecule has 1 heterocycles. The van der Waals surface area contributed by atoms with Crippen LogP contribution >= 0.6 is 0 Å². The fourth-order valence-electron chi connectivity index (χ4n) is 11.1. The highest BCUT2D eigenvalue weighted by atomic mass is 15.2. The van der Waals surface area contributed by atoms with Gasteiger partial charge in [-0.3, -0.25) is 0 Å². The highest BCUT2D eigenvalue weighted by molar-refractivity contribution is 6.10. The molecule has 0 unspecified atom stereocenters. The Morgan fingerprint density at radius 2 is 0.855 bits per heavy atom. The van der Waals surface area contributed by atoms with Crippen molar-refractivity contribution in [3.8, 4) is 50.2 Å². The van der Waals surface area contributed by atoms with Crippen molar-refractivity contribution in [2.24, 2.45) is 0 Å². The molecule has 0 atom stereocenters. The minimum absolute atomic E-state index is 0.0193. The molecule has 0 radical (unpaired) electrons. The topological polar surface area (TPSA) is 8.17 Å². The molecule has 0 N–H and O–H groups in total. The Kier molecular flexibility index (Phi) is 8.78. The molecule has 2 aliphatic rings. The number of rotatable bonds is 7. The highest BCUT2D eigenvalue weighted by Crippen LogP contribution is 2.57. The quantitative estimate of drug-likeness (QED) is 0.156. The van der Waals surface area contributed by atoms with Gasteiger partial charge in [-0.2, -0.15) is 0 Å². The molecule has 12 rings (SSSR count). The first-order valence-electron chi connectivity index (χ1n) is 22.2. The molecule has 2 nitrogen and oxygen atoms in total. The van der Waals surface area contributed by atoms with Gasteiger partial charge in [-0.1, -0.05) is 195 Å². The van der Waals surface area contributed by atoms with Gasteiger partial charge in [0.2, 0.25) is 0 Å². The maximum atomic E-state index is 2.57. The minimum atomic E-state index is 0.0193. The van der Waals surface area contributed by atoms with Crippen LogP contribution in [0.2, 0.25) is 0 Å². The Balaban J connectivity index is 1.13. The van der Waals surface area contributed by atoms with Crippen molar-refractivity contribution in [1.82, 2.24) is 4.57 Å². The summed E-state index contributed by atoms with van der Waals surface area (Å²) in [5, 5.41) is 2.51. The smallest absolute Gasteiger partial charge is 0.0702 e. The van der Waals surface area contributed by atoms with Gasteiger partial charge in [-0.05, 0) is 105 Å². The number of fused-ring (bicyclic) bond motifs is 8. The van der Waals surface area contributed by atoms with Crippen molar-refractivity contribution in [2.45, 2.75) is 37.5 Å². The zero-order valence-electron chi connectivity index (χ0n) is 34.7. The first-order valence-corrected chi connectivity index (χ1v) is 22.2. The van der Waals surface area contributed by atoms with E-state index in [2.05, 4.69) is 228 Å². The first-order chi connectivity index (χ1) is 30.8. The summed E-state index contributed by atoms with van der Waals surface area (Å²) in [6, 6.07) is 81.0. The standard InChI is InChI=1S/C60H46N2/c1-3-21-42(22-4-1)44-23-5-6-24-45(44)46-25-7-8-26-47(46)50-28-10-14-32-55(50)61(43-37-38-49-48-27-9-13-31-53(48)60(54(49)41-43)39-19-2-20-40-60)58-35-17-18-36-59(58)62-56-33-15-11-29-51(56)52-30-12-16-34-57(52)62/h1,3-18,21-38,41H,2,19-20,39-40H2. The van der Waals surface area contributed by atoms with Crippen LogP contribution in [0.5, 0.6) is 0 Å². The Morgan fingerprint density at radius 1 is 0.355 bits per heavy atom. The molecule has 1 saturated carbocycles. The molecule has 296 valence electrons. The molecule has 2 aliphatic carbocycles. The molecule has 2 heteroatoms. The number of hydrogen-bond donors (Lipinski definition) is 0. The lowest BCUT2D eigenvalue weighted by Gasteiger charge is -2.37. The van der Waals surface area contributed by atoms with E-state index in [0.717, 1.165) is 17.1 Å². The van der Waals surface area contributed by atoms with E-state index in [-0.39, 0.29) is 5.41 Å². The number of aromatic nitrogens is 1. The monoisotopic (exact) mass is 794 g/mol. The third kappa shape index (κ3) is 5.71. The molecule has 0 saturated heterocycles. The largest absolute Gasteiger partial charge is 0.308 e. The molecular formula is C60H46N2. The summed E-state index contributed by atoms with van der Waals surface area (Å²) in [5.74, 6) is 0. The van der Waals surface area contributed by atoms with E-state index in [1.807, 2.05) is 0 Å². The molecule has 0 bridgehead atoms. The van der Waals surface area contributed by atoms with Crippen molar-refractivity contribution in [2.75, 3.05) is 4.90 Å². The van der Waals surface area contributed by atoms with Crippen molar-refractivity contribution < 1.29 is 0 Å². The number of nitrogens with zero attached hydrogens (tertiary/aromatic N) is 2. The van der Waals surface area contributed by atoms with Crippen LogP contribution in [0, 0.1) is 0 Å². The minimum Gasteiger partial charge on any atom is -0.308 e. The lowest BCUT2D eigenvalue weighted by atomic mass is 9.68. The van der Waals surface area contributed by atoms with Crippen LogP contribution in [0.3, 0.4) is 0 Å².